The third kappa shape index (κ3) is 4.87. The topological polar surface area (TPSA) is 75.7 Å². The Hall–Kier alpha value is -3.90. The number of carbonyl (C=O) groups excluding carboxylic acids is 3. The smallest absolute Gasteiger partial charge is 0.335 e. The summed E-state index contributed by atoms with van der Waals surface area (Å²) < 4.78 is 5.85. The second-order valence-electron chi connectivity index (χ2n) is 8.17. The minimum Gasteiger partial charge on any atom is -0.489 e. The van der Waals surface area contributed by atoms with E-state index in [1.54, 1.807) is 36.4 Å². The minimum absolute atomic E-state index is 0.153. The zero-order chi connectivity index (χ0) is 24.4. The molecule has 7 heteroatoms. The van der Waals surface area contributed by atoms with E-state index < -0.39 is 17.8 Å². The summed E-state index contributed by atoms with van der Waals surface area (Å²) in [5.41, 5.74) is 5.06. The molecule has 1 heterocycles. The third-order valence-corrected chi connectivity index (χ3v) is 6.09. The Balaban J connectivity index is 1.52. The first-order valence-corrected chi connectivity index (χ1v) is 11.1. The first kappa shape index (κ1) is 23.3. The molecule has 4 amide bonds. The molecule has 34 heavy (non-hydrogen) atoms. The number of rotatable bonds is 5. The molecule has 0 unspecified atom stereocenters. The Kier molecular flexibility index (Phi) is 6.52. The van der Waals surface area contributed by atoms with Gasteiger partial charge < -0.3 is 4.74 Å². The number of hydrogen-bond donors (Lipinski definition) is 1. The highest BCUT2D eigenvalue weighted by Gasteiger charge is 2.36. The summed E-state index contributed by atoms with van der Waals surface area (Å²) in [6.45, 7) is 6.37. The van der Waals surface area contributed by atoms with Crippen molar-refractivity contribution in [1.82, 2.24) is 5.32 Å². The lowest BCUT2D eigenvalue weighted by molar-refractivity contribution is -0.122. The van der Waals surface area contributed by atoms with Crippen LogP contribution in [0.15, 0.2) is 66.2 Å². The molecule has 1 fully saturated rings. The number of ether oxygens (including phenoxy) is 1. The quantitative estimate of drug-likeness (QED) is 0.390. The van der Waals surface area contributed by atoms with E-state index in [2.05, 4.69) is 31.3 Å². The average molecular weight is 475 g/mol. The lowest BCUT2D eigenvalue weighted by Crippen LogP contribution is -2.54. The van der Waals surface area contributed by atoms with E-state index in [1.807, 2.05) is 13.0 Å². The molecule has 0 atom stereocenters. The van der Waals surface area contributed by atoms with E-state index in [0.29, 0.717) is 22.9 Å². The second-order valence-corrected chi connectivity index (χ2v) is 8.57. The van der Waals surface area contributed by atoms with Gasteiger partial charge in [-0.25, -0.2) is 9.69 Å². The molecule has 1 aliphatic rings. The standard InChI is InChI=1S/C27H23ClN2O4/c1-16-4-6-20(12-18(16)3)15-34-22-10-7-19(8-11-22)13-23-25(31)29-27(33)30(26(23)32)21-9-5-17(2)24(28)14-21/h4-14H,15H2,1-3H3,(H,29,31,33)/b23-13+. The van der Waals surface area contributed by atoms with Crippen molar-refractivity contribution in [3.63, 3.8) is 0 Å². The van der Waals surface area contributed by atoms with Crippen molar-refractivity contribution < 1.29 is 19.1 Å². The van der Waals surface area contributed by atoms with Gasteiger partial charge in [0.05, 0.1) is 5.69 Å². The van der Waals surface area contributed by atoms with Crippen LogP contribution in [0.4, 0.5) is 10.5 Å². The molecule has 1 aliphatic heterocycles. The summed E-state index contributed by atoms with van der Waals surface area (Å²) in [6, 6.07) is 17.2. The molecular weight excluding hydrogens is 452 g/mol. The van der Waals surface area contributed by atoms with Crippen molar-refractivity contribution in [3.8, 4) is 5.75 Å². The molecule has 0 spiro atoms. The second kappa shape index (κ2) is 9.53. The number of halogens is 1. The molecule has 1 saturated heterocycles. The summed E-state index contributed by atoms with van der Waals surface area (Å²) in [4.78, 5) is 38.7. The summed E-state index contributed by atoms with van der Waals surface area (Å²) in [7, 11) is 0. The summed E-state index contributed by atoms with van der Waals surface area (Å²) in [6.07, 6.45) is 1.44. The predicted octanol–water partition coefficient (Wildman–Crippen LogP) is 5.51. The molecule has 0 bridgehead atoms. The van der Waals surface area contributed by atoms with Gasteiger partial charge in [0.1, 0.15) is 17.9 Å². The third-order valence-electron chi connectivity index (χ3n) is 5.68. The van der Waals surface area contributed by atoms with Crippen LogP contribution in [0.5, 0.6) is 5.75 Å². The number of aryl methyl sites for hydroxylation is 3. The van der Waals surface area contributed by atoms with Gasteiger partial charge in [0, 0.05) is 5.02 Å². The molecule has 0 aromatic heterocycles. The number of carbonyl (C=O) groups is 3. The Bertz CT molecular complexity index is 1330. The average Bonchev–Trinajstić information content (AvgIpc) is 2.80. The van der Waals surface area contributed by atoms with Crippen LogP contribution in [-0.2, 0) is 16.2 Å². The highest BCUT2D eigenvalue weighted by Crippen LogP contribution is 2.27. The maximum atomic E-state index is 13.0. The van der Waals surface area contributed by atoms with Gasteiger partial charge in [0.15, 0.2) is 0 Å². The monoisotopic (exact) mass is 474 g/mol. The van der Waals surface area contributed by atoms with E-state index in [0.717, 1.165) is 16.0 Å². The normalized spacial score (nSPS) is 15.0. The summed E-state index contributed by atoms with van der Waals surface area (Å²) >= 11 is 6.15. The fourth-order valence-corrected chi connectivity index (χ4v) is 3.67. The molecule has 4 rings (SSSR count). The first-order chi connectivity index (χ1) is 16.2. The Morgan fingerprint density at radius 2 is 1.59 bits per heavy atom. The van der Waals surface area contributed by atoms with E-state index >= 15 is 0 Å². The lowest BCUT2D eigenvalue weighted by Gasteiger charge is -2.26. The molecule has 3 aromatic rings. The molecule has 1 N–H and O–H groups in total. The molecule has 172 valence electrons. The van der Waals surface area contributed by atoms with Crippen molar-refractivity contribution in [2.24, 2.45) is 0 Å². The number of barbiturate groups is 1. The van der Waals surface area contributed by atoms with Crippen LogP contribution in [0.25, 0.3) is 6.08 Å². The van der Waals surface area contributed by atoms with Crippen molar-refractivity contribution in [2.45, 2.75) is 27.4 Å². The molecule has 0 aliphatic carbocycles. The number of urea groups is 1. The van der Waals surface area contributed by atoms with Gasteiger partial charge in [-0.3, -0.25) is 14.9 Å². The van der Waals surface area contributed by atoms with Crippen LogP contribution >= 0.6 is 11.6 Å². The summed E-state index contributed by atoms with van der Waals surface area (Å²) in [5, 5.41) is 2.63. The lowest BCUT2D eigenvalue weighted by atomic mass is 10.1. The highest BCUT2D eigenvalue weighted by atomic mass is 35.5. The van der Waals surface area contributed by atoms with Gasteiger partial charge in [-0.05, 0) is 78.9 Å². The minimum atomic E-state index is -0.817. The van der Waals surface area contributed by atoms with Gasteiger partial charge in [0.2, 0.25) is 0 Å². The van der Waals surface area contributed by atoms with Crippen LogP contribution in [0, 0.1) is 20.8 Å². The van der Waals surface area contributed by atoms with Gasteiger partial charge in [0.25, 0.3) is 11.8 Å². The van der Waals surface area contributed by atoms with Crippen LogP contribution in [0.2, 0.25) is 5.02 Å². The van der Waals surface area contributed by atoms with Crippen LogP contribution in [-0.4, -0.2) is 17.8 Å². The van der Waals surface area contributed by atoms with Crippen molar-refractivity contribution in [2.75, 3.05) is 4.90 Å². The first-order valence-electron chi connectivity index (χ1n) is 10.7. The Morgan fingerprint density at radius 1 is 0.882 bits per heavy atom. The van der Waals surface area contributed by atoms with Gasteiger partial charge in [-0.15, -0.1) is 0 Å². The number of nitrogens with one attached hydrogen (secondary N) is 1. The Labute approximate surface area is 202 Å². The number of nitrogens with zero attached hydrogens (tertiary/aromatic N) is 1. The predicted molar refractivity (Wildman–Crippen MR) is 132 cm³/mol. The van der Waals surface area contributed by atoms with E-state index in [9.17, 15) is 14.4 Å². The number of benzene rings is 3. The summed E-state index contributed by atoms with van der Waals surface area (Å²) in [5.74, 6) is -0.811. The fourth-order valence-electron chi connectivity index (χ4n) is 3.50. The zero-order valence-corrected chi connectivity index (χ0v) is 19.8. The van der Waals surface area contributed by atoms with Crippen molar-refractivity contribution in [3.05, 3.63) is 99.1 Å². The largest absolute Gasteiger partial charge is 0.489 e. The number of hydrogen-bond acceptors (Lipinski definition) is 4. The van der Waals surface area contributed by atoms with Crippen LogP contribution in [0.3, 0.4) is 0 Å². The number of amides is 4. The molecule has 6 nitrogen and oxygen atoms in total. The fraction of sp³-hybridized carbons (Fsp3) is 0.148. The molecule has 0 saturated carbocycles. The maximum absolute atomic E-state index is 13.0. The number of anilines is 1. The van der Waals surface area contributed by atoms with E-state index in [1.165, 1.54) is 23.3 Å². The Morgan fingerprint density at radius 3 is 2.26 bits per heavy atom. The number of imide groups is 2. The zero-order valence-electron chi connectivity index (χ0n) is 19.0. The van der Waals surface area contributed by atoms with E-state index in [-0.39, 0.29) is 11.3 Å². The molecule has 0 radical (unpaired) electrons. The van der Waals surface area contributed by atoms with Gasteiger partial charge in [-0.2, -0.15) is 0 Å². The highest BCUT2D eigenvalue weighted by molar-refractivity contribution is 6.39. The SMILES string of the molecule is Cc1ccc(COc2ccc(/C=C3\C(=O)NC(=O)N(c4ccc(C)c(Cl)c4)C3=O)cc2)cc1C. The molecular formula is C27H23ClN2O4. The maximum Gasteiger partial charge on any atom is 0.335 e. The van der Waals surface area contributed by atoms with E-state index in [4.69, 9.17) is 16.3 Å². The van der Waals surface area contributed by atoms with Gasteiger partial charge >= 0.3 is 6.03 Å². The van der Waals surface area contributed by atoms with Crippen LogP contribution < -0.4 is 15.0 Å². The van der Waals surface area contributed by atoms with Crippen molar-refractivity contribution >= 4 is 41.2 Å². The molecule has 3 aromatic carbocycles. The van der Waals surface area contributed by atoms with Gasteiger partial charge in [-0.1, -0.05) is 48.0 Å². The van der Waals surface area contributed by atoms with Crippen molar-refractivity contribution in [1.29, 1.82) is 0 Å². The van der Waals surface area contributed by atoms with Crippen LogP contribution in [0.1, 0.15) is 27.8 Å².